The third-order valence-electron chi connectivity index (χ3n) is 3.91. The molecule has 5 nitrogen and oxygen atoms in total. The molecule has 158 valence electrons. The number of carbonyl (C=O) groups is 1. The molecule has 0 spiro atoms. The molecule has 0 aliphatic rings. The molecule has 0 saturated carbocycles. The van der Waals surface area contributed by atoms with Crippen LogP contribution >= 0.6 is 46.9 Å². The minimum absolute atomic E-state index is 0.0794. The van der Waals surface area contributed by atoms with Gasteiger partial charge in [0.15, 0.2) is 8.29 Å². The van der Waals surface area contributed by atoms with Gasteiger partial charge in [-0.25, -0.2) is 4.68 Å². The fourth-order valence-corrected chi connectivity index (χ4v) is 4.86. The second kappa shape index (κ2) is 10.3. The summed E-state index contributed by atoms with van der Waals surface area (Å²) < 4.78 is 31.6. The van der Waals surface area contributed by atoms with Gasteiger partial charge < -0.3 is 9.64 Å². The molecule has 0 saturated heterocycles. The molecule has 0 unspecified atom stereocenters. The predicted molar refractivity (Wildman–Crippen MR) is 118 cm³/mol. The van der Waals surface area contributed by atoms with Crippen LogP contribution in [0.1, 0.15) is 5.56 Å². The number of aromatic nitrogens is 2. The molecule has 2 aromatic carbocycles. The van der Waals surface area contributed by atoms with E-state index in [1.54, 1.807) is 40.9 Å². The summed E-state index contributed by atoms with van der Waals surface area (Å²) in [5.74, 6) is 0.189. The largest absolute Gasteiger partial charge is 0.435 e. The highest BCUT2D eigenvalue weighted by Gasteiger charge is 2.13. The first kappa shape index (κ1) is 22.7. The fraction of sp³-hybridized carbons (Fsp3) is 0.211. The van der Waals surface area contributed by atoms with E-state index in [4.69, 9.17) is 23.8 Å². The molecule has 1 amide bonds. The van der Waals surface area contributed by atoms with Crippen molar-refractivity contribution in [2.75, 3.05) is 12.8 Å². The Morgan fingerprint density at radius 2 is 1.93 bits per heavy atom. The summed E-state index contributed by atoms with van der Waals surface area (Å²) in [6, 6.07) is 13.4. The maximum absolute atomic E-state index is 12.4. The van der Waals surface area contributed by atoms with Gasteiger partial charge in [-0.2, -0.15) is 8.78 Å². The van der Waals surface area contributed by atoms with Crippen LogP contribution in [0.5, 0.6) is 5.75 Å². The van der Waals surface area contributed by atoms with E-state index in [9.17, 15) is 13.6 Å². The van der Waals surface area contributed by atoms with Crippen LogP contribution in [0.4, 0.5) is 8.78 Å². The van der Waals surface area contributed by atoms with Crippen LogP contribution in [0.25, 0.3) is 5.69 Å². The first-order chi connectivity index (χ1) is 14.3. The summed E-state index contributed by atoms with van der Waals surface area (Å²) in [6.45, 7) is -2.51. The lowest BCUT2D eigenvalue weighted by Crippen LogP contribution is -2.27. The number of benzene rings is 2. The number of halogens is 3. The molecule has 0 atom stereocenters. The summed E-state index contributed by atoms with van der Waals surface area (Å²) in [4.78, 5) is 14.0. The summed E-state index contributed by atoms with van der Waals surface area (Å²) in [5.41, 5.74) is 1.61. The van der Waals surface area contributed by atoms with E-state index in [2.05, 4.69) is 9.84 Å². The number of amides is 1. The maximum atomic E-state index is 12.4. The summed E-state index contributed by atoms with van der Waals surface area (Å²) >= 11 is 13.9. The minimum atomic E-state index is -2.86. The number of rotatable bonds is 8. The van der Waals surface area contributed by atoms with Crippen molar-refractivity contribution in [3.8, 4) is 11.4 Å². The number of alkyl halides is 2. The Hall–Kier alpha value is -2.01. The van der Waals surface area contributed by atoms with Crippen LogP contribution in [0.2, 0.25) is 5.02 Å². The lowest BCUT2D eigenvalue weighted by Gasteiger charge is -2.17. The Morgan fingerprint density at radius 1 is 1.27 bits per heavy atom. The van der Waals surface area contributed by atoms with Crippen LogP contribution in [0.15, 0.2) is 52.9 Å². The SMILES string of the molecule is CN(Cc1ccc(OC(F)F)cc1)C(=O)CSc1nn(-c2ccc(Cl)cc2)c(=S)s1. The molecule has 0 aliphatic heterocycles. The molecule has 0 bridgehead atoms. The highest BCUT2D eigenvalue weighted by molar-refractivity contribution is 8.01. The van der Waals surface area contributed by atoms with Crippen molar-refractivity contribution in [1.82, 2.24) is 14.7 Å². The first-order valence-corrected chi connectivity index (χ1v) is 11.2. The van der Waals surface area contributed by atoms with Crippen LogP contribution in [0, 0.1) is 3.95 Å². The van der Waals surface area contributed by atoms with Crippen LogP contribution < -0.4 is 4.74 Å². The van der Waals surface area contributed by atoms with Crippen molar-refractivity contribution >= 4 is 52.8 Å². The van der Waals surface area contributed by atoms with Crippen molar-refractivity contribution in [1.29, 1.82) is 0 Å². The van der Waals surface area contributed by atoms with Gasteiger partial charge >= 0.3 is 6.61 Å². The van der Waals surface area contributed by atoms with E-state index in [0.717, 1.165) is 11.3 Å². The third-order valence-corrected chi connectivity index (χ3v) is 6.52. The van der Waals surface area contributed by atoms with E-state index >= 15 is 0 Å². The molecule has 1 aromatic heterocycles. The molecule has 11 heteroatoms. The lowest BCUT2D eigenvalue weighted by molar-refractivity contribution is -0.127. The van der Waals surface area contributed by atoms with Gasteiger partial charge in [0.05, 0.1) is 11.4 Å². The van der Waals surface area contributed by atoms with Gasteiger partial charge in [-0.3, -0.25) is 4.79 Å². The van der Waals surface area contributed by atoms with E-state index in [1.807, 2.05) is 12.1 Å². The van der Waals surface area contributed by atoms with Crippen molar-refractivity contribution in [3.05, 3.63) is 63.1 Å². The Labute approximate surface area is 190 Å². The van der Waals surface area contributed by atoms with Crippen molar-refractivity contribution in [2.24, 2.45) is 0 Å². The van der Waals surface area contributed by atoms with Crippen LogP contribution in [-0.2, 0) is 11.3 Å². The number of nitrogens with zero attached hydrogens (tertiary/aromatic N) is 3. The Kier molecular flexibility index (Phi) is 7.81. The molecule has 0 N–H and O–H groups in total. The lowest BCUT2D eigenvalue weighted by atomic mass is 10.2. The van der Waals surface area contributed by atoms with Crippen LogP contribution in [0.3, 0.4) is 0 Å². The molecule has 3 aromatic rings. The Morgan fingerprint density at radius 3 is 2.57 bits per heavy atom. The number of ether oxygens (including phenoxy) is 1. The van der Waals surface area contributed by atoms with Crippen molar-refractivity contribution in [3.63, 3.8) is 0 Å². The van der Waals surface area contributed by atoms with Gasteiger partial charge in [-0.1, -0.05) is 46.8 Å². The van der Waals surface area contributed by atoms with E-state index in [-0.39, 0.29) is 17.4 Å². The van der Waals surface area contributed by atoms with Gasteiger partial charge in [0.2, 0.25) is 5.91 Å². The number of carbonyl (C=O) groups excluding carboxylic acids is 1. The topological polar surface area (TPSA) is 47.4 Å². The zero-order chi connectivity index (χ0) is 21.7. The molecular formula is C19H16ClF2N3O2S3. The highest BCUT2D eigenvalue weighted by Crippen LogP contribution is 2.25. The molecule has 0 fully saturated rings. The van der Waals surface area contributed by atoms with E-state index < -0.39 is 6.61 Å². The Bertz CT molecular complexity index is 1060. The van der Waals surface area contributed by atoms with Gasteiger partial charge in [-0.05, 0) is 54.2 Å². The zero-order valence-corrected chi connectivity index (χ0v) is 18.8. The first-order valence-electron chi connectivity index (χ1n) is 8.58. The van der Waals surface area contributed by atoms with E-state index in [0.29, 0.717) is 19.9 Å². The summed E-state index contributed by atoms with van der Waals surface area (Å²) in [5, 5.41) is 5.09. The van der Waals surface area contributed by atoms with Gasteiger partial charge in [0, 0.05) is 18.6 Å². The second-order valence-corrected chi connectivity index (χ2v) is 9.36. The monoisotopic (exact) mass is 487 g/mol. The number of hydrogen-bond donors (Lipinski definition) is 0. The minimum Gasteiger partial charge on any atom is -0.435 e. The van der Waals surface area contributed by atoms with E-state index in [1.165, 1.54) is 35.2 Å². The fourth-order valence-electron chi connectivity index (χ4n) is 2.44. The third kappa shape index (κ3) is 6.24. The van der Waals surface area contributed by atoms with Gasteiger partial charge in [-0.15, -0.1) is 5.10 Å². The zero-order valence-electron chi connectivity index (χ0n) is 15.6. The summed E-state index contributed by atoms with van der Waals surface area (Å²) in [6.07, 6.45) is 0. The normalized spacial score (nSPS) is 11.0. The quantitative estimate of drug-likeness (QED) is 0.302. The highest BCUT2D eigenvalue weighted by atomic mass is 35.5. The molecule has 0 radical (unpaired) electrons. The molecular weight excluding hydrogens is 472 g/mol. The molecule has 0 aliphatic carbocycles. The average Bonchev–Trinajstić information content (AvgIpc) is 3.08. The standard InChI is InChI=1S/C19H16ClF2N3O2S3/c1-24(10-12-2-8-15(9-3-12)27-17(21)22)16(26)11-29-18-23-25(19(28)30-18)14-6-4-13(20)5-7-14/h2-9,17H,10-11H2,1H3. The smallest absolute Gasteiger partial charge is 0.387 e. The molecule has 3 rings (SSSR count). The average molecular weight is 488 g/mol. The maximum Gasteiger partial charge on any atom is 0.387 e. The second-order valence-electron chi connectivity index (χ2n) is 6.08. The van der Waals surface area contributed by atoms with Gasteiger partial charge in [0.25, 0.3) is 0 Å². The Balaban J connectivity index is 1.55. The molecule has 1 heterocycles. The van der Waals surface area contributed by atoms with Crippen LogP contribution in [-0.4, -0.2) is 40.0 Å². The van der Waals surface area contributed by atoms with Crippen molar-refractivity contribution < 1.29 is 18.3 Å². The van der Waals surface area contributed by atoms with Crippen molar-refractivity contribution in [2.45, 2.75) is 17.5 Å². The predicted octanol–water partition coefficient (Wildman–Crippen LogP) is 5.67. The summed E-state index contributed by atoms with van der Waals surface area (Å²) in [7, 11) is 1.68. The number of thioether (sulfide) groups is 1. The molecule has 30 heavy (non-hydrogen) atoms. The number of hydrogen-bond acceptors (Lipinski definition) is 6. The van der Waals surface area contributed by atoms with Gasteiger partial charge in [0.1, 0.15) is 5.75 Å².